The van der Waals surface area contributed by atoms with Gasteiger partial charge in [-0.2, -0.15) is 0 Å². The zero-order chi connectivity index (χ0) is 9.94. The summed E-state index contributed by atoms with van der Waals surface area (Å²) in [6, 6.07) is 0.729. The quantitative estimate of drug-likeness (QED) is 0.560. The molecular weight excluding hydrogens is 162 g/mol. The number of nitrogens with one attached hydrogen (secondary N) is 1. The van der Waals surface area contributed by atoms with E-state index in [1.807, 2.05) is 0 Å². The van der Waals surface area contributed by atoms with E-state index in [-0.39, 0.29) is 0 Å². The van der Waals surface area contributed by atoms with Gasteiger partial charge in [-0.3, -0.25) is 0 Å². The molecule has 0 bridgehead atoms. The molecule has 0 aliphatic carbocycles. The van der Waals surface area contributed by atoms with Crippen molar-refractivity contribution in [3.8, 4) is 0 Å². The first kappa shape index (κ1) is 12.9. The SMILES string of the molecule is CCCC(CCCCCOC)NC. The fraction of sp³-hybridized carbons (Fsp3) is 1.00. The van der Waals surface area contributed by atoms with Crippen molar-refractivity contribution in [1.29, 1.82) is 0 Å². The minimum atomic E-state index is 0.729. The Labute approximate surface area is 83.1 Å². The van der Waals surface area contributed by atoms with E-state index >= 15 is 0 Å². The molecular formula is C11H25NO. The van der Waals surface area contributed by atoms with Crippen molar-refractivity contribution in [2.75, 3.05) is 20.8 Å². The van der Waals surface area contributed by atoms with Crippen molar-refractivity contribution in [2.45, 2.75) is 51.5 Å². The van der Waals surface area contributed by atoms with E-state index in [2.05, 4.69) is 19.3 Å². The van der Waals surface area contributed by atoms with Crippen molar-refractivity contribution >= 4 is 0 Å². The van der Waals surface area contributed by atoms with E-state index in [0.29, 0.717) is 0 Å². The number of rotatable bonds is 9. The molecule has 0 fully saturated rings. The highest BCUT2D eigenvalue weighted by atomic mass is 16.5. The molecule has 0 aliphatic rings. The molecule has 0 aromatic carbocycles. The van der Waals surface area contributed by atoms with E-state index in [1.54, 1.807) is 7.11 Å². The number of unbranched alkanes of at least 4 members (excludes halogenated alkanes) is 2. The Bertz CT molecular complexity index is 96.1. The fourth-order valence-electron chi connectivity index (χ4n) is 1.60. The molecule has 2 nitrogen and oxygen atoms in total. The molecule has 0 radical (unpaired) electrons. The van der Waals surface area contributed by atoms with Gasteiger partial charge < -0.3 is 10.1 Å². The average molecular weight is 187 g/mol. The second-order valence-electron chi connectivity index (χ2n) is 3.62. The van der Waals surface area contributed by atoms with Crippen molar-refractivity contribution < 1.29 is 4.74 Å². The third-order valence-electron chi connectivity index (χ3n) is 2.45. The van der Waals surface area contributed by atoms with E-state index in [0.717, 1.165) is 12.6 Å². The summed E-state index contributed by atoms with van der Waals surface area (Å²) in [6.07, 6.45) is 7.74. The van der Waals surface area contributed by atoms with Crippen molar-refractivity contribution in [3.05, 3.63) is 0 Å². The highest BCUT2D eigenvalue weighted by Gasteiger charge is 2.03. The fourth-order valence-corrected chi connectivity index (χ4v) is 1.60. The van der Waals surface area contributed by atoms with Gasteiger partial charge >= 0.3 is 0 Å². The minimum absolute atomic E-state index is 0.729. The molecule has 1 unspecified atom stereocenters. The zero-order valence-electron chi connectivity index (χ0n) is 9.44. The Morgan fingerprint density at radius 2 is 1.92 bits per heavy atom. The molecule has 0 amide bonds. The molecule has 0 saturated heterocycles. The highest BCUT2D eigenvalue weighted by molar-refractivity contribution is 4.63. The summed E-state index contributed by atoms with van der Waals surface area (Å²) >= 11 is 0. The lowest BCUT2D eigenvalue weighted by molar-refractivity contribution is 0.191. The van der Waals surface area contributed by atoms with E-state index in [1.165, 1.54) is 38.5 Å². The van der Waals surface area contributed by atoms with Gasteiger partial charge in [0.25, 0.3) is 0 Å². The monoisotopic (exact) mass is 187 g/mol. The smallest absolute Gasteiger partial charge is 0.0462 e. The van der Waals surface area contributed by atoms with Crippen LogP contribution in [-0.4, -0.2) is 26.8 Å². The topological polar surface area (TPSA) is 21.3 Å². The third-order valence-corrected chi connectivity index (χ3v) is 2.45. The molecule has 0 saturated carbocycles. The zero-order valence-corrected chi connectivity index (χ0v) is 9.44. The standard InChI is InChI=1S/C11H25NO/c1-4-8-11(12-2)9-6-5-7-10-13-3/h11-12H,4-10H2,1-3H3. The van der Waals surface area contributed by atoms with Crippen LogP contribution in [0, 0.1) is 0 Å². The summed E-state index contributed by atoms with van der Waals surface area (Å²) in [4.78, 5) is 0. The van der Waals surface area contributed by atoms with Crippen molar-refractivity contribution in [2.24, 2.45) is 0 Å². The van der Waals surface area contributed by atoms with Crippen LogP contribution in [0.25, 0.3) is 0 Å². The van der Waals surface area contributed by atoms with Crippen LogP contribution in [0.1, 0.15) is 45.4 Å². The van der Waals surface area contributed by atoms with Crippen LogP contribution in [0.5, 0.6) is 0 Å². The molecule has 0 aromatic rings. The second-order valence-corrected chi connectivity index (χ2v) is 3.62. The van der Waals surface area contributed by atoms with Crippen LogP contribution in [-0.2, 0) is 4.74 Å². The first-order valence-electron chi connectivity index (χ1n) is 5.51. The van der Waals surface area contributed by atoms with Gasteiger partial charge in [0.05, 0.1) is 0 Å². The average Bonchev–Trinajstić information content (AvgIpc) is 2.16. The molecule has 0 aliphatic heterocycles. The summed E-state index contributed by atoms with van der Waals surface area (Å²) in [5, 5.41) is 3.36. The minimum Gasteiger partial charge on any atom is -0.385 e. The van der Waals surface area contributed by atoms with Gasteiger partial charge in [0, 0.05) is 19.8 Å². The maximum absolute atomic E-state index is 5.01. The Morgan fingerprint density at radius 1 is 1.15 bits per heavy atom. The molecule has 1 atom stereocenters. The summed E-state index contributed by atoms with van der Waals surface area (Å²) in [7, 11) is 3.84. The molecule has 0 spiro atoms. The van der Waals surface area contributed by atoms with Gasteiger partial charge in [-0.1, -0.05) is 26.2 Å². The first-order chi connectivity index (χ1) is 6.35. The van der Waals surface area contributed by atoms with Gasteiger partial charge in [-0.05, 0) is 26.3 Å². The number of ether oxygens (including phenoxy) is 1. The molecule has 1 N–H and O–H groups in total. The lowest BCUT2D eigenvalue weighted by Crippen LogP contribution is -2.24. The number of methoxy groups -OCH3 is 1. The van der Waals surface area contributed by atoms with Crippen molar-refractivity contribution in [1.82, 2.24) is 5.32 Å². The van der Waals surface area contributed by atoms with E-state index in [9.17, 15) is 0 Å². The molecule has 2 heteroatoms. The lowest BCUT2D eigenvalue weighted by atomic mass is 10.0. The summed E-state index contributed by atoms with van der Waals surface area (Å²) in [6.45, 7) is 3.16. The molecule has 0 aromatic heterocycles. The Morgan fingerprint density at radius 3 is 2.46 bits per heavy atom. The van der Waals surface area contributed by atoms with Crippen LogP contribution in [0.15, 0.2) is 0 Å². The third kappa shape index (κ3) is 8.26. The highest BCUT2D eigenvalue weighted by Crippen LogP contribution is 2.07. The van der Waals surface area contributed by atoms with Gasteiger partial charge in [-0.25, -0.2) is 0 Å². The van der Waals surface area contributed by atoms with Crippen LogP contribution in [0.3, 0.4) is 0 Å². The van der Waals surface area contributed by atoms with Gasteiger partial charge in [-0.15, -0.1) is 0 Å². The summed E-state index contributed by atoms with van der Waals surface area (Å²) in [5.41, 5.74) is 0. The van der Waals surface area contributed by atoms with Crippen molar-refractivity contribution in [3.63, 3.8) is 0 Å². The maximum atomic E-state index is 5.01. The lowest BCUT2D eigenvalue weighted by Gasteiger charge is -2.14. The maximum Gasteiger partial charge on any atom is 0.0462 e. The predicted octanol–water partition coefficient (Wildman–Crippen LogP) is 2.58. The molecule has 0 heterocycles. The van der Waals surface area contributed by atoms with Gasteiger partial charge in [0.1, 0.15) is 0 Å². The number of hydrogen-bond acceptors (Lipinski definition) is 2. The molecule has 13 heavy (non-hydrogen) atoms. The van der Waals surface area contributed by atoms with Crippen LogP contribution in [0.2, 0.25) is 0 Å². The van der Waals surface area contributed by atoms with Gasteiger partial charge in [0.2, 0.25) is 0 Å². The first-order valence-corrected chi connectivity index (χ1v) is 5.51. The van der Waals surface area contributed by atoms with Crippen LogP contribution >= 0.6 is 0 Å². The second kappa shape index (κ2) is 10.0. The number of hydrogen-bond donors (Lipinski definition) is 1. The summed E-state index contributed by atoms with van der Waals surface area (Å²) in [5.74, 6) is 0. The van der Waals surface area contributed by atoms with Crippen LogP contribution < -0.4 is 5.32 Å². The van der Waals surface area contributed by atoms with E-state index < -0.39 is 0 Å². The largest absolute Gasteiger partial charge is 0.385 e. The predicted molar refractivity (Wildman–Crippen MR) is 58.1 cm³/mol. The van der Waals surface area contributed by atoms with Gasteiger partial charge in [0.15, 0.2) is 0 Å². The Hall–Kier alpha value is -0.0800. The summed E-state index contributed by atoms with van der Waals surface area (Å²) < 4.78 is 5.01. The van der Waals surface area contributed by atoms with Crippen LogP contribution in [0.4, 0.5) is 0 Å². The molecule has 0 rings (SSSR count). The normalized spacial score (nSPS) is 13.2. The Balaban J connectivity index is 3.17. The van der Waals surface area contributed by atoms with E-state index in [4.69, 9.17) is 4.74 Å². The Kier molecular flexibility index (Phi) is 9.94. The molecule has 80 valence electrons.